The largest absolute Gasteiger partial charge is 0.397 e. The third-order valence-corrected chi connectivity index (χ3v) is 4.17. The Hall–Kier alpha value is -2.89. The number of nitrogens with zero attached hydrogens (tertiary/aromatic N) is 3. The summed E-state index contributed by atoms with van der Waals surface area (Å²) in [6.07, 6.45) is 1.51. The molecule has 1 aromatic carbocycles. The molecule has 0 aliphatic rings. The highest BCUT2D eigenvalue weighted by Crippen LogP contribution is 2.35. The zero-order valence-corrected chi connectivity index (χ0v) is 15.2. The summed E-state index contributed by atoms with van der Waals surface area (Å²) in [5, 5.41) is 8.10. The standard InChI is InChI=1S/C19H23N5O/c1-11-6-8-12(9-7-11)16-14-15(20)13(18(25)21-5)10-22-17(14)24(23-16)19(2,3)4/h6-10H,1-5H3,(H2,20,22)(H,21,25). The molecule has 0 saturated carbocycles. The van der Waals surface area contributed by atoms with Crippen LogP contribution in [0.1, 0.15) is 36.7 Å². The number of carbonyl (C=O) groups is 1. The highest BCUT2D eigenvalue weighted by Gasteiger charge is 2.25. The number of hydrogen-bond donors (Lipinski definition) is 2. The second-order valence-corrected chi connectivity index (χ2v) is 7.16. The summed E-state index contributed by atoms with van der Waals surface area (Å²) in [6.45, 7) is 8.21. The van der Waals surface area contributed by atoms with Crippen molar-refractivity contribution in [3.8, 4) is 11.3 Å². The van der Waals surface area contributed by atoms with Crippen molar-refractivity contribution in [2.75, 3.05) is 12.8 Å². The molecule has 2 heterocycles. The summed E-state index contributed by atoms with van der Waals surface area (Å²) in [7, 11) is 1.57. The topological polar surface area (TPSA) is 85.8 Å². The van der Waals surface area contributed by atoms with Gasteiger partial charge < -0.3 is 11.1 Å². The predicted octanol–water partition coefficient (Wildman–Crippen LogP) is 3.10. The molecule has 130 valence electrons. The van der Waals surface area contributed by atoms with Crippen LogP contribution in [-0.2, 0) is 5.54 Å². The van der Waals surface area contributed by atoms with E-state index in [2.05, 4.69) is 31.1 Å². The Kier molecular flexibility index (Phi) is 3.99. The quantitative estimate of drug-likeness (QED) is 0.752. The molecule has 0 unspecified atom stereocenters. The lowest BCUT2D eigenvalue weighted by Gasteiger charge is -2.19. The monoisotopic (exact) mass is 337 g/mol. The molecule has 0 fully saturated rings. The number of nitrogens with one attached hydrogen (secondary N) is 1. The molecule has 0 bridgehead atoms. The van der Waals surface area contributed by atoms with Crippen molar-refractivity contribution < 1.29 is 4.79 Å². The minimum atomic E-state index is -0.269. The number of hydrogen-bond acceptors (Lipinski definition) is 4. The number of nitrogen functional groups attached to an aromatic ring is 1. The van der Waals surface area contributed by atoms with E-state index in [1.807, 2.05) is 35.9 Å². The van der Waals surface area contributed by atoms with E-state index in [0.29, 0.717) is 22.3 Å². The first-order valence-electron chi connectivity index (χ1n) is 8.21. The maximum Gasteiger partial charge on any atom is 0.254 e. The summed E-state index contributed by atoms with van der Waals surface area (Å²) in [5.74, 6) is -0.259. The molecule has 0 aliphatic heterocycles. The molecule has 1 amide bonds. The summed E-state index contributed by atoms with van der Waals surface area (Å²) in [6, 6.07) is 8.08. The van der Waals surface area contributed by atoms with Crippen molar-refractivity contribution in [1.29, 1.82) is 0 Å². The van der Waals surface area contributed by atoms with E-state index in [4.69, 9.17) is 10.8 Å². The van der Waals surface area contributed by atoms with Gasteiger partial charge in [-0.15, -0.1) is 0 Å². The Morgan fingerprint density at radius 2 is 1.84 bits per heavy atom. The number of fused-ring (bicyclic) bond motifs is 1. The van der Waals surface area contributed by atoms with Gasteiger partial charge in [0.2, 0.25) is 0 Å². The molecular weight excluding hydrogens is 314 g/mol. The molecular formula is C19H23N5O. The van der Waals surface area contributed by atoms with Gasteiger partial charge in [-0.3, -0.25) is 4.79 Å². The van der Waals surface area contributed by atoms with Crippen molar-refractivity contribution in [3.63, 3.8) is 0 Å². The number of aromatic nitrogens is 3. The van der Waals surface area contributed by atoms with Crippen molar-refractivity contribution in [1.82, 2.24) is 20.1 Å². The number of benzene rings is 1. The second-order valence-electron chi connectivity index (χ2n) is 7.16. The number of anilines is 1. The van der Waals surface area contributed by atoms with Crippen LogP contribution in [0.5, 0.6) is 0 Å². The molecule has 0 atom stereocenters. The van der Waals surface area contributed by atoms with Gasteiger partial charge in [-0.25, -0.2) is 9.67 Å². The van der Waals surface area contributed by atoms with Crippen LogP contribution in [0.25, 0.3) is 22.3 Å². The number of carbonyl (C=O) groups excluding carboxylic acids is 1. The first-order valence-corrected chi connectivity index (χ1v) is 8.21. The summed E-state index contributed by atoms with van der Waals surface area (Å²) >= 11 is 0. The summed E-state index contributed by atoms with van der Waals surface area (Å²) in [4.78, 5) is 16.6. The fourth-order valence-corrected chi connectivity index (χ4v) is 2.80. The smallest absolute Gasteiger partial charge is 0.254 e. The third kappa shape index (κ3) is 2.84. The molecule has 0 aliphatic carbocycles. The van der Waals surface area contributed by atoms with Gasteiger partial charge in [0.1, 0.15) is 5.69 Å². The van der Waals surface area contributed by atoms with Gasteiger partial charge in [0.15, 0.2) is 5.65 Å². The first kappa shape index (κ1) is 17.0. The van der Waals surface area contributed by atoms with E-state index in [9.17, 15) is 4.79 Å². The Balaban J connectivity index is 2.38. The minimum absolute atomic E-state index is 0.259. The minimum Gasteiger partial charge on any atom is -0.397 e. The molecule has 0 saturated heterocycles. The molecule has 0 radical (unpaired) electrons. The van der Waals surface area contributed by atoms with Crippen LogP contribution in [0.4, 0.5) is 5.69 Å². The van der Waals surface area contributed by atoms with E-state index < -0.39 is 0 Å². The lowest BCUT2D eigenvalue weighted by molar-refractivity contribution is 0.0964. The first-order chi connectivity index (χ1) is 11.7. The highest BCUT2D eigenvalue weighted by molar-refractivity contribution is 6.09. The number of nitrogens with two attached hydrogens (primary N) is 1. The Labute approximate surface area is 147 Å². The van der Waals surface area contributed by atoms with Crippen molar-refractivity contribution in [2.24, 2.45) is 0 Å². The van der Waals surface area contributed by atoms with Crippen LogP contribution in [0, 0.1) is 6.92 Å². The molecule has 2 aromatic heterocycles. The normalized spacial score (nSPS) is 11.7. The van der Waals surface area contributed by atoms with Gasteiger partial charge in [-0.05, 0) is 27.7 Å². The maximum atomic E-state index is 12.1. The van der Waals surface area contributed by atoms with Crippen LogP contribution in [0.2, 0.25) is 0 Å². The van der Waals surface area contributed by atoms with Gasteiger partial charge in [0.05, 0.1) is 22.2 Å². The van der Waals surface area contributed by atoms with Crippen LogP contribution in [0.3, 0.4) is 0 Å². The number of rotatable bonds is 2. The van der Waals surface area contributed by atoms with E-state index in [1.54, 1.807) is 7.05 Å². The Morgan fingerprint density at radius 1 is 1.20 bits per heavy atom. The van der Waals surface area contributed by atoms with Gasteiger partial charge in [-0.1, -0.05) is 29.8 Å². The number of aryl methyl sites for hydroxylation is 1. The van der Waals surface area contributed by atoms with Crippen LogP contribution < -0.4 is 11.1 Å². The van der Waals surface area contributed by atoms with Crippen LogP contribution in [0.15, 0.2) is 30.5 Å². The van der Waals surface area contributed by atoms with Crippen LogP contribution >= 0.6 is 0 Å². The Bertz CT molecular complexity index is 949. The number of amides is 1. The lowest BCUT2D eigenvalue weighted by atomic mass is 10.0. The highest BCUT2D eigenvalue weighted by atomic mass is 16.1. The maximum absolute atomic E-state index is 12.1. The molecule has 0 spiro atoms. The molecule has 3 aromatic rings. The third-order valence-electron chi connectivity index (χ3n) is 4.17. The predicted molar refractivity (Wildman–Crippen MR) is 100 cm³/mol. The van der Waals surface area contributed by atoms with Crippen molar-refractivity contribution in [3.05, 3.63) is 41.6 Å². The molecule has 6 heteroatoms. The zero-order chi connectivity index (χ0) is 18.4. The van der Waals surface area contributed by atoms with E-state index in [0.717, 1.165) is 11.3 Å². The number of pyridine rings is 1. The summed E-state index contributed by atoms with van der Waals surface area (Å²) in [5.41, 5.74) is 10.4. The van der Waals surface area contributed by atoms with Gasteiger partial charge in [0, 0.05) is 18.8 Å². The molecule has 6 nitrogen and oxygen atoms in total. The zero-order valence-electron chi connectivity index (χ0n) is 15.2. The fraction of sp³-hybridized carbons (Fsp3) is 0.316. The van der Waals surface area contributed by atoms with Gasteiger partial charge in [-0.2, -0.15) is 5.10 Å². The SMILES string of the molecule is CNC(=O)c1cnc2c(c(-c3ccc(C)cc3)nn2C(C)(C)C)c1N. The molecule has 25 heavy (non-hydrogen) atoms. The molecule has 3 rings (SSSR count). The second kappa shape index (κ2) is 5.88. The average Bonchev–Trinajstić information content (AvgIpc) is 2.96. The van der Waals surface area contributed by atoms with Gasteiger partial charge >= 0.3 is 0 Å². The Morgan fingerprint density at radius 3 is 2.40 bits per heavy atom. The van der Waals surface area contributed by atoms with Crippen LogP contribution in [-0.4, -0.2) is 27.7 Å². The van der Waals surface area contributed by atoms with E-state index in [1.165, 1.54) is 11.8 Å². The van der Waals surface area contributed by atoms with Crippen molar-refractivity contribution in [2.45, 2.75) is 33.2 Å². The average molecular weight is 337 g/mol. The van der Waals surface area contributed by atoms with E-state index >= 15 is 0 Å². The van der Waals surface area contributed by atoms with E-state index in [-0.39, 0.29) is 11.4 Å². The van der Waals surface area contributed by atoms with Crippen molar-refractivity contribution >= 4 is 22.6 Å². The lowest BCUT2D eigenvalue weighted by Crippen LogP contribution is -2.24. The van der Waals surface area contributed by atoms with Gasteiger partial charge in [0.25, 0.3) is 5.91 Å². The fourth-order valence-electron chi connectivity index (χ4n) is 2.80. The summed E-state index contributed by atoms with van der Waals surface area (Å²) < 4.78 is 1.86. The molecule has 3 N–H and O–H groups in total.